The van der Waals surface area contributed by atoms with Crippen molar-refractivity contribution in [3.05, 3.63) is 0 Å². The van der Waals surface area contributed by atoms with Crippen molar-refractivity contribution in [1.29, 1.82) is 5.41 Å². The lowest BCUT2D eigenvalue weighted by Crippen LogP contribution is -2.52. The van der Waals surface area contributed by atoms with Gasteiger partial charge in [0.05, 0.1) is 0 Å². The molecule has 23 heavy (non-hydrogen) atoms. The van der Waals surface area contributed by atoms with Crippen LogP contribution in [0.5, 0.6) is 0 Å². The lowest BCUT2D eigenvalue weighted by Gasteiger charge is -2.34. The van der Waals surface area contributed by atoms with E-state index >= 15 is 0 Å². The van der Waals surface area contributed by atoms with Gasteiger partial charge in [0.25, 0.3) is 0 Å². The molecule has 6 nitrogen and oxygen atoms in total. The lowest BCUT2D eigenvalue weighted by atomic mass is 9.76. The molecule has 6 heteroatoms. The summed E-state index contributed by atoms with van der Waals surface area (Å²) < 4.78 is 10.7. The number of esters is 2. The number of hydrogen-bond donors (Lipinski definition) is 1. The zero-order chi connectivity index (χ0) is 18.6. The average molecular weight is 327 g/mol. The molecular weight excluding hydrogens is 298 g/mol. The first-order valence-corrected chi connectivity index (χ1v) is 7.70. The van der Waals surface area contributed by atoms with Gasteiger partial charge in [-0.25, -0.2) is 0 Å². The van der Waals surface area contributed by atoms with E-state index in [0.717, 1.165) is 0 Å². The summed E-state index contributed by atoms with van der Waals surface area (Å²) in [5.41, 5.74) is -3.91. The Hall–Kier alpha value is -1.72. The molecule has 0 aliphatic rings. The Bertz CT molecular complexity index is 466. The van der Waals surface area contributed by atoms with E-state index in [-0.39, 0.29) is 17.9 Å². The fourth-order valence-electron chi connectivity index (χ4n) is 1.99. The maximum absolute atomic E-state index is 12.7. The van der Waals surface area contributed by atoms with Crippen molar-refractivity contribution in [2.24, 2.45) is 5.41 Å². The molecule has 0 amide bonds. The van der Waals surface area contributed by atoms with Crippen molar-refractivity contribution in [2.75, 3.05) is 0 Å². The molecule has 0 rings (SSSR count). The van der Waals surface area contributed by atoms with Crippen LogP contribution in [0.25, 0.3) is 0 Å². The molecule has 0 aromatic carbocycles. The Morgan fingerprint density at radius 1 is 0.870 bits per heavy atom. The van der Waals surface area contributed by atoms with Crippen LogP contribution in [-0.2, 0) is 23.9 Å². The second-order valence-electron chi connectivity index (χ2n) is 7.62. The first-order chi connectivity index (χ1) is 10.2. The molecule has 0 aromatic heterocycles. The van der Waals surface area contributed by atoms with E-state index in [9.17, 15) is 14.4 Å². The molecule has 0 aliphatic carbocycles. The van der Waals surface area contributed by atoms with Crippen molar-refractivity contribution in [1.82, 2.24) is 0 Å². The zero-order valence-electron chi connectivity index (χ0n) is 15.5. The first kappa shape index (κ1) is 21.3. The summed E-state index contributed by atoms with van der Waals surface area (Å²) in [4.78, 5) is 37.2. The van der Waals surface area contributed by atoms with Crippen LogP contribution in [0.15, 0.2) is 0 Å². The second-order valence-corrected chi connectivity index (χ2v) is 7.62. The monoisotopic (exact) mass is 327 g/mol. The Morgan fingerprint density at radius 3 is 1.43 bits per heavy atom. The molecule has 0 aromatic rings. The Labute approximate surface area is 138 Å². The van der Waals surface area contributed by atoms with Gasteiger partial charge in [0.1, 0.15) is 17.0 Å². The molecule has 0 saturated heterocycles. The molecule has 0 radical (unpaired) electrons. The molecule has 132 valence electrons. The molecule has 0 fully saturated rings. The fraction of sp³-hybridized carbons (Fsp3) is 0.765. The van der Waals surface area contributed by atoms with E-state index in [1.807, 2.05) is 0 Å². The van der Waals surface area contributed by atoms with Gasteiger partial charge >= 0.3 is 11.9 Å². The van der Waals surface area contributed by atoms with Gasteiger partial charge in [0, 0.05) is 12.1 Å². The topological polar surface area (TPSA) is 93.5 Å². The molecule has 0 aliphatic heterocycles. The molecular formula is C17H29NO5. The zero-order valence-corrected chi connectivity index (χ0v) is 15.5. The van der Waals surface area contributed by atoms with E-state index in [0.29, 0.717) is 0 Å². The van der Waals surface area contributed by atoms with E-state index in [2.05, 4.69) is 0 Å². The molecule has 0 atom stereocenters. The SMILES string of the molecule is CCC(=N)C(CC(C)=O)(C(=O)OC(C)(C)C)C(=O)OC(C)(C)C. The van der Waals surface area contributed by atoms with Crippen molar-refractivity contribution in [3.8, 4) is 0 Å². The third kappa shape index (κ3) is 6.12. The lowest BCUT2D eigenvalue weighted by molar-refractivity contribution is -0.180. The van der Waals surface area contributed by atoms with Crippen molar-refractivity contribution in [3.63, 3.8) is 0 Å². The Morgan fingerprint density at radius 2 is 1.22 bits per heavy atom. The standard InChI is InChI=1S/C17H29NO5/c1-9-12(18)17(10-11(2)19,13(20)22-15(3,4)5)14(21)23-16(6,7)8/h18H,9-10H2,1-8H3. The third-order valence-electron chi connectivity index (χ3n) is 2.88. The molecule has 0 spiro atoms. The second kappa shape index (κ2) is 7.23. The maximum Gasteiger partial charge on any atom is 0.330 e. The highest BCUT2D eigenvalue weighted by atomic mass is 16.6. The molecule has 1 N–H and O–H groups in total. The van der Waals surface area contributed by atoms with E-state index in [1.54, 1.807) is 48.5 Å². The molecule has 0 bridgehead atoms. The summed E-state index contributed by atoms with van der Waals surface area (Å²) in [7, 11) is 0. The average Bonchev–Trinajstić information content (AvgIpc) is 2.29. The van der Waals surface area contributed by atoms with Crippen LogP contribution in [0.1, 0.15) is 68.2 Å². The van der Waals surface area contributed by atoms with Crippen LogP contribution in [0.4, 0.5) is 0 Å². The van der Waals surface area contributed by atoms with Gasteiger partial charge in [-0.05, 0) is 54.9 Å². The van der Waals surface area contributed by atoms with Gasteiger partial charge in [0.15, 0.2) is 0 Å². The van der Waals surface area contributed by atoms with Gasteiger partial charge in [-0.2, -0.15) is 0 Å². The number of ether oxygens (including phenoxy) is 2. The highest BCUT2D eigenvalue weighted by molar-refractivity contribution is 6.23. The van der Waals surface area contributed by atoms with E-state index < -0.39 is 35.0 Å². The number of carbonyl (C=O) groups excluding carboxylic acids is 3. The fourth-order valence-corrected chi connectivity index (χ4v) is 1.99. The minimum absolute atomic E-state index is 0.131. The smallest absolute Gasteiger partial charge is 0.330 e. The number of carbonyl (C=O) groups is 3. The Kier molecular flexibility index (Phi) is 6.69. The van der Waals surface area contributed by atoms with Crippen molar-refractivity contribution < 1.29 is 23.9 Å². The van der Waals surface area contributed by atoms with Gasteiger partial charge in [-0.3, -0.25) is 14.4 Å². The van der Waals surface area contributed by atoms with Crippen LogP contribution in [0.2, 0.25) is 0 Å². The summed E-state index contributed by atoms with van der Waals surface area (Å²) >= 11 is 0. The van der Waals surface area contributed by atoms with E-state index in [4.69, 9.17) is 14.9 Å². The van der Waals surface area contributed by atoms with Gasteiger partial charge in [-0.15, -0.1) is 0 Å². The van der Waals surface area contributed by atoms with E-state index in [1.165, 1.54) is 6.92 Å². The van der Waals surface area contributed by atoms with Crippen molar-refractivity contribution >= 4 is 23.4 Å². The number of rotatable bonds is 6. The minimum Gasteiger partial charge on any atom is -0.459 e. The molecule has 0 saturated carbocycles. The predicted molar refractivity (Wildman–Crippen MR) is 87.4 cm³/mol. The number of nitrogens with one attached hydrogen (secondary N) is 1. The highest BCUT2D eigenvalue weighted by Gasteiger charge is 2.54. The largest absolute Gasteiger partial charge is 0.459 e. The summed E-state index contributed by atoms with van der Waals surface area (Å²) in [6, 6.07) is 0. The summed E-state index contributed by atoms with van der Waals surface area (Å²) in [6.45, 7) is 12.9. The molecule has 0 unspecified atom stereocenters. The maximum atomic E-state index is 12.7. The quantitative estimate of drug-likeness (QED) is 0.460. The number of hydrogen-bond acceptors (Lipinski definition) is 6. The summed E-state index contributed by atoms with van der Waals surface area (Å²) in [5, 5.41) is 8.16. The highest BCUT2D eigenvalue weighted by Crippen LogP contribution is 2.33. The summed E-state index contributed by atoms with van der Waals surface area (Å²) in [6.07, 6.45) is -0.310. The van der Waals surface area contributed by atoms with Crippen LogP contribution in [0, 0.1) is 10.8 Å². The predicted octanol–water partition coefficient (Wildman–Crippen LogP) is 3.07. The molecule has 0 heterocycles. The number of Topliss-reactive ketones (excluding diaryl/α,β-unsaturated/α-hetero) is 1. The first-order valence-electron chi connectivity index (χ1n) is 7.70. The van der Waals surface area contributed by atoms with Crippen LogP contribution >= 0.6 is 0 Å². The van der Waals surface area contributed by atoms with Crippen LogP contribution in [0.3, 0.4) is 0 Å². The summed E-state index contributed by atoms with van der Waals surface area (Å²) in [5.74, 6) is -2.22. The van der Waals surface area contributed by atoms with Gasteiger partial charge in [-0.1, -0.05) is 6.92 Å². The van der Waals surface area contributed by atoms with Crippen LogP contribution in [-0.4, -0.2) is 34.6 Å². The number of ketones is 1. The van der Waals surface area contributed by atoms with Gasteiger partial charge < -0.3 is 14.9 Å². The normalized spacial score (nSPS) is 12.5. The van der Waals surface area contributed by atoms with Crippen LogP contribution < -0.4 is 0 Å². The van der Waals surface area contributed by atoms with Crippen molar-refractivity contribution in [2.45, 2.75) is 79.4 Å². The third-order valence-corrected chi connectivity index (χ3v) is 2.88. The van der Waals surface area contributed by atoms with Gasteiger partial charge in [0.2, 0.25) is 5.41 Å². The Balaban J connectivity index is 6.07. The minimum atomic E-state index is -2.03.